The fourth-order valence-electron chi connectivity index (χ4n) is 2.81. The van der Waals surface area contributed by atoms with Crippen LogP contribution in [0.15, 0.2) is 92.4 Å². The van der Waals surface area contributed by atoms with Crippen molar-refractivity contribution in [2.24, 2.45) is 5.18 Å². The van der Waals surface area contributed by atoms with Crippen LogP contribution in [-0.2, 0) is 15.8 Å². The number of hydrogen-bond donors (Lipinski definition) is 1. The summed E-state index contributed by atoms with van der Waals surface area (Å²) < 4.78 is 33.8. The summed E-state index contributed by atoms with van der Waals surface area (Å²) in [6.07, 6.45) is 0. The van der Waals surface area contributed by atoms with Crippen LogP contribution < -0.4 is 4.72 Å². The van der Waals surface area contributed by atoms with Crippen molar-refractivity contribution in [3.63, 3.8) is 0 Å². The number of nitrogens with zero attached hydrogens (tertiary/aromatic N) is 1. The van der Waals surface area contributed by atoms with Gasteiger partial charge in [0.05, 0.1) is 5.69 Å². The summed E-state index contributed by atoms with van der Waals surface area (Å²) in [7, 11) is -3.94. The lowest BCUT2D eigenvalue weighted by Gasteiger charge is -2.12. The van der Waals surface area contributed by atoms with Gasteiger partial charge in [0.2, 0.25) is 5.09 Å². The first-order valence-electron chi connectivity index (χ1n) is 8.81. The normalized spacial score (nSPS) is 11.5. The van der Waals surface area contributed by atoms with E-state index in [1.807, 2.05) is 6.07 Å². The van der Waals surface area contributed by atoms with E-state index in [2.05, 4.69) is 9.90 Å². The van der Waals surface area contributed by atoms with E-state index in [0.717, 1.165) is 5.56 Å². The molecule has 0 radical (unpaired) electrons. The minimum absolute atomic E-state index is 0.170. The number of nitroso groups, excluding NO2 is 1. The molecular weight excluding hydrogens is 444 g/mol. The molecule has 0 saturated carbocycles. The van der Waals surface area contributed by atoms with Crippen molar-refractivity contribution in [3.8, 4) is 0 Å². The predicted molar refractivity (Wildman–Crippen MR) is 120 cm³/mol. The Balaban J connectivity index is 1.58. The van der Waals surface area contributed by atoms with Crippen molar-refractivity contribution in [2.45, 2.75) is 15.7 Å². The van der Waals surface area contributed by atoms with Gasteiger partial charge < -0.3 is 4.42 Å². The number of furan rings is 1. The first-order chi connectivity index (χ1) is 14.4. The molecule has 0 aliphatic heterocycles. The predicted octanol–water partition coefficient (Wildman–Crippen LogP) is 6.58. The number of halogens is 1. The molecule has 9 heteroatoms. The Labute approximate surface area is 182 Å². The maximum atomic E-state index is 12.9. The summed E-state index contributed by atoms with van der Waals surface area (Å²) in [6.45, 7) is 0. The second-order valence-corrected chi connectivity index (χ2v) is 9.46. The lowest BCUT2D eigenvalue weighted by atomic mass is 10.2. The number of nitrogens with one attached hydrogen (secondary N) is 1. The molecule has 0 fully saturated rings. The molecule has 0 bridgehead atoms. The van der Waals surface area contributed by atoms with Crippen molar-refractivity contribution < 1.29 is 12.8 Å². The molecule has 0 saturated heterocycles. The van der Waals surface area contributed by atoms with E-state index in [1.165, 1.54) is 17.8 Å². The third-order valence-corrected chi connectivity index (χ3v) is 6.89. The van der Waals surface area contributed by atoms with Crippen molar-refractivity contribution in [1.29, 1.82) is 0 Å². The highest BCUT2D eigenvalue weighted by Crippen LogP contribution is 2.34. The molecule has 4 aromatic rings. The van der Waals surface area contributed by atoms with Gasteiger partial charge in [-0.3, -0.25) is 4.72 Å². The number of fused-ring (bicyclic) bond motifs is 1. The SMILES string of the molecule is O=Nc1ccc(CSc2ccc(Cl)cc2NS(=O)(=O)c2cc3ccccc3o2)cc1. The standard InChI is InChI=1S/C21H15ClN2O4S2/c22-16-7-10-20(29-13-14-5-8-17(23-25)9-6-14)18(12-16)24-30(26,27)21-11-15-3-1-2-4-19(15)28-21/h1-12,24H,13H2. The van der Waals surface area contributed by atoms with E-state index in [-0.39, 0.29) is 5.09 Å². The maximum absolute atomic E-state index is 12.9. The fraction of sp³-hybridized carbons (Fsp3) is 0.0476. The van der Waals surface area contributed by atoms with Gasteiger partial charge in [-0.2, -0.15) is 8.42 Å². The Morgan fingerprint density at radius 2 is 1.77 bits per heavy atom. The lowest BCUT2D eigenvalue weighted by molar-refractivity contribution is 0.484. The molecule has 30 heavy (non-hydrogen) atoms. The zero-order valence-corrected chi connectivity index (χ0v) is 17.8. The number of thioether (sulfide) groups is 1. The number of rotatable bonds is 7. The smallest absolute Gasteiger partial charge is 0.295 e. The second kappa shape index (κ2) is 8.51. The molecule has 1 aromatic heterocycles. The van der Waals surface area contributed by atoms with Crippen LogP contribution in [0, 0.1) is 4.91 Å². The Morgan fingerprint density at radius 3 is 2.50 bits per heavy atom. The van der Waals surface area contributed by atoms with Crippen molar-refractivity contribution in [2.75, 3.05) is 4.72 Å². The van der Waals surface area contributed by atoms with Crippen LogP contribution in [0.1, 0.15) is 5.56 Å². The summed E-state index contributed by atoms with van der Waals surface area (Å²) in [6, 6.07) is 20.4. The van der Waals surface area contributed by atoms with Crippen LogP contribution in [0.25, 0.3) is 11.0 Å². The van der Waals surface area contributed by atoms with Gasteiger partial charge in [-0.05, 0) is 47.1 Å². The number of sulfonamides is 1. The quantitative estimate of drug-likeness (QED) is 0.249. The van der Waals surface area contributed by atoms with E-state index in [9.17, 15) is 13.3 Å². The van der Waals surface area contributed by atoms with Crippen LogP contribution in [0.4, 0.5) is 11.4 Å². The van der Waals surface area contributed by atoms with Crippen LogP contribution in [-0.4, -0.2) is 8.42 Å². The molecule has 152 valence electrons. The highest BCUT2D eigenvalue weighted by atomic mass is 35.5. The summed E-state index contributed by atoms with van der Waals surface area (Å²) in [4.78, 5) is 11.2. The van der Waals surface area contributed by atoms with Gasteiger partial charge in [0.25, 0.3) is 10.0 Å². The summed E-state index contributed by atoms with van der Waals surface area (Å²) in [5.74, 6) is 0.570. The Morgan fingerprint density at radius 1 is 1.00 bits per heavy atom. The molecular formula is C21H15ClN2O4S2. The molecule has 1 N–H and O–H groups in total. The lowest BCUT2D eigenvalue weighted by Crippen LogP contribution is -2.12. The van der Waals surface area contributed by atoms with Gasteiger partial charge >= 0.3 is 0 Å². The van der Waals surface area contributed by atoms with E-state index in [4.69, 9.17) is 16.0 Å². The Hall–Kier alpha value is -2.81. The van der Waals surface area contributed by atoms with E-state index < -0.39 is 10.0 Å². The fourth-order valence-corrected chi connectivity index (χ4v) is 5.03. The number of para-hydroxylation sites is 1. The molecule has 0 spiro atoms. The molecule has 0 aliphatic rings. The third-order valence-electron chi connectivity index (χ3n) is 4.29. The summed E-state index contributed by atoms with van der Waals surface area (Å²) >= 11 is 7.54. The number of benzene rings is 3. The Kier molecular flexibility index (Phi) is 5.80. The van der Waals surface area contributed by atoms with E-state index >= 15 is 0 Å². The molecule has 0 amide bonds. The van der Waals surface area contributed by atoms with Gasteiger partial charge in [-0.15, -0.1) is 16.7 Å². The third kappa shape index (κ3) is 4.51. The van der Waals surface area contributed by atoms with Crippen LogP contribution >= 0.6 is 23.4 Å². The number of hydrogen-bond acceptors (Lipinski definition) is 6. The highest BCUT2D eigenvalue weighted by molar-refractivity contribution is 7.98. The summed E-state index contributed by atoms with van der Waals surface area (Å²) in [5, 5.41) is 3.82. The zero-order chi connectivity index (χ0) is 21.1. The molecule has 0 atom stereocenters. The topological polar surface area (TPSA) is 88.7 Å². The van der Waals surface area contributed by atoms with Gasteiger partial charge in [0.15, 0.2) is 0 Å². The Bertz CT molecular complexity index is 1290. The molecule has 3 aromatic carbocycles. The maximum Gasteiger partial charge on any atom is 0.295 e. The molecule has 0 aliphatic carbocycles. The van der Waals surface area contributed by atoms with Gasteiger partial charge in [-0.25, -0.2) is 0 Å². The minimum Gasteiger partial charge on any atom is -0.443 e. The van der Waals surface area contributed by atoms with Crippen LogP contribution in [0.5, 0.6) is 0 Å². The zero-order valence-electron chi connectivity index (χ0n) is 15.4. The molecule has 4 rings (SSSR count). The molecule has 6 nitrogen and oxygen atoms in total. The largest absolute Gasteiger partial charge is 0.443 e. The van der Waals surface area contributed by atoms with E-state index in [0.29, 0.717) is 38.0 Å². The van der Waals surface area contributed by atoms with Crippen molar-refractivity contribution in [3.05, 3.63) is 88.3 Å². The molecule has 0 unspecified atom stereocenters. The van der Waals surface area contributed by atoms with Crippen LogP contribution in [0.3, 0.4) is 0 Å². The number of anilines is 1. The van der Waals surface area contributed by atoms with Gasteiger partial charge in [0, 0.05) is 27.1 Å². The van der Waals surface area contributed by atoms with E-state index in [1.54, 1.807) is 60.7 Å². The minimum atomic E-state index is -3.94. The average molecular weight is 459 g/mol. The highest BCUT2D eigenvalue weighted by Gasteiger charge is 2.21. The molecule has 1 heterocycles. The average Bonchev–Trinajstić information content (AvgIpc) is 3.19. The first-order valence-corrected chi connectivity index (χ1v) is 11.7. The summed E-state index contributed by atoms with van der Waals surface area (Å²) in [5.41, 5.74) is 2.17. The van der Waals surface area contributed by atoms with Crippen molar-refractivity contribution >= 4 is 55.7 Å². The van der Waals surface area contributed by atoms with Crippen LogP contribution in [0.2, 0.25) is 5.02 Å². The van der Waals surface area contributed by atoms with Gasteiger partial charge in [0.1, 0.15) is 11.3 Å². The van der Waals surface area contributed by atoms with Gasteiger partial charge in [-0.1, -0.05) is 41.9 Å². The monoisotopic (exact) mass is 458 g/mol. The first kappa shape index (κ1) is 20.5. The second-order valence-electron chi connectivity index (χ2n) is 6.40. The van der Waals surface area contributed by atoms with Crippen molar-refractivity contribution in [1.82, 2.24) is 0 Å².